The van der Waals surface area contributed by atoms with Gasteiger partial charge in [0.25, 0.3) is 5.91 Å². The average molecular weight is 361 g/mol. The third-order valence-corrected chi connectivity index (χ3v) is 4.13. The molecule has 1 aromatic carbocycles. The number of benzene rings is 1. The fourth-order valence-electron chi connectivity index (χ4n) is 2.72. The van der Waals surface area contributed by atoms with Crippen molar-refractivity contribution in [1.29, 1.82) is 0 Å². The lowest BCUT2D eigenvalue weighted by atomic mass is 10.0. The van der Waals surface area contributed by atoms with Gasteiger partial charge in [0, 0.05) is 23.3 Å². The van der Waals surface area contributed by atoms with Crippen molar-refractivity contribution >= 4 is 29.1 Å². The molecular weight excluding hydrogens is 344 g/mol. The summed E-state index contributed by atoms with van der Waals surface area (Å²) in [5.74, 6) is -0.499. The van der Waals surface area contributed by atoms with Crippen LogP contribution < -0.4 is 5.32 Å². The second-order valence-electron chi connectivity index (χ2n) is 5.54. The van der Waals surface area contributed by atoms with Gasteiger partial charge in [-0.1, -0.05) is 18.2 Å². The molecule has 130 valence electrons. The van der Waals surface area contributed by atoms with E-state index in [9.17, 15) is 9.59 Å². The Kier molecular flexibility index (Phi) is 5.16. The second kappa shape index (κ2) is 7.50. The molecule has 8 heteroatoms. The van der Waals surface area contributed by atoms with Crippen molar-refractivity contribution in [2.45, 2.75) is 6.04 Å². The van der Waals surface area contributed by atoms with Crippen molar-refractivity contribution in [3.63, 3.8) is 0 Å². The van der Waals surface area contributed by atoms with Gasteiger partial charge in [0.05, 0.1) is 31.1 Å². The minimum Gasteiger partial charge on any atom is -0.377 e. The van der Waals surface area contributed by atoms with Gasteiger partial charge in [-0.05, 0) is 29.8 Å². The number of carbonyl (C=O) groups excluding carboxylic acids is 2. The molecule has 1 unspecified atom stereocenters. The van der Waals surface area contributed by atoms with Gasteiger partial charge in [0.2, 0.25) is 5.91 Å². The molecule has 1 aliphatic heterocycles. The maximum Gasteiger partial charge on any atom is 0.255 e. The van der Waals surface area contributed by atoms with Crippen LogP contribution in [0.25, 0.3) is 0 Å². The number of hydrogen-bond donors (Lipinski definition) is 2. The molecule has 1 saturated heterocycles. The normalized spacial score (nSPS) is 17.2. The summed E-state index contributed by atoms with van der Waals surface area (Å²) in [6, 6.07) is 4.70. The Morgan fingerprint density at radius 2 is 2.28 bits per heavy atom. The van der Waals surface area contributed by atoms with Gasteiger partial charge in [-0.15, -0.1) is 0 Å². The summed E-state index contributed by atoms with van der Waals surface area (Å²) in [6.07, 6.45) is 4.35. The maximum atomic E-state index is 12.4. The number of H-pyrrole nitrogens is 1. The number of aromatic nitrogens is 2. The molecule has 2 N–H and O–H groups in total. The number of carbonyl (C=O) groups is 2. The van der Waals surface area contributed by atoms with Gasteiger partial charge in [-0.2, -0.15) is 5.10 Å². The Bertz CT molecular complexity index is 791. The van der Waals surface area contributed by atoms with Crippen molar-refractivity contribution in [2.75, 3.05) is 25.1 Å². The molecule has 25 heavy (non-hydrogen) atoms. The first-order chi connectivity index (χ1) is 12.1. The summed E-state index contributed by atoms with van der Waals surface area (Å²) in [7, 11) is 0. The predicted molar refractivity (Wildman–Crippen MR) is 93.5 cm³/mol. The number of hydrogen-bond acceptors (Lipinski definition) is 4. The number of rotatable bonds is 4. The van der Waals surface area contributed by atoms with Crippen LogP contribution in [0.4, 0.5) is 5.69 Å². The molecule has 0 bridgehead atoms. The number of anilines is 1. The van der Waals surface area contributed by atoms with E-state index >= 15 is 0 Å². The molecule has 1 fully saturated rings. The van der Waals surface area contributed by atoms with E-state index in [0.29, 0.717) is 36.0 Å². The molecule has 2 aromatic rings. The van der Waals surface area contributed by atoms with Crippen LogP contribution in [-0.2, 0) is 9.53 Å². The molecule has 1 atom stereocenters. The zero-order valence-corrected chi connectivity index (χ0v) is 14.1. The van der Waals surface area contributed by atoms with Crippen LogP contribution in [-0.4, -0.2) is 46.7 Å². The molecule has 2 heterocycles. The van der Waals surface area contributed by atoms with Crippen molar-refractivity contribution in [3.05, 3.63) is 59.4 Å². The number of halogens is 1. The van der Waals surface area contributed by atoms with Crippen LogP contribution >= 0.6 is 11.6 Å². The fraction of sp³-hybridized carbons (Fsp3) is 0.235. The van der Waals surface area contributed by atoms with Crippen molar-refractivity contribution in [1.82, 2.24) is 15.1 Å². The van der Waals surface area contributed by atoms with Gasteiger partial charge in [-0.25, -0.2) is 0 Å². The van der Waals surface area contributed by atoms with E-state index in [1.54, 1.807) is 29.3 Å². The van der Waals surface area contributed by atoms with E-state index in [1.165, 1.54) is 12.3 Å². The Morgan fingerprint density at radius 3 is 3.00 bits per heavy atom. The monoisotopic (exact) mass is 360 g/mol. The summed E-state index contributed by atoms with van der Waals surface area (Å²) in [5, 5.41) is 9.54. The quantitative estimate of drug-likeness (QED) is 0.819. The van der Waals surface area contributed by atoms with Gasteiger partial charge in [0.1, 0.15) is 0 Å². The minimum absolute atomic E-state index is 0.183. The number of amides is 2. The molecule has 0 radical (unpaired) electrons. The van der Waals surface area contributed by atoms with Crippen LogP contribution in [0.3, 0.4) is 0 Å². The third kappa shape index (κ3) is 3.89. The third-order valence-electron chi connectivity index (χ3n) is 3.91. The number of ether oxygens (including phenoxy) is 1. The largest absolute Gasteiger partial charge is 0.377 e. The first-order valence-corrected chi connectivity index (χ1v) is 8.07. The zero-order valence-electron chi connectivity index (χ0n) is 13.4. The first-order valence-electron chi connectivity index (χ1n) is 7.70. The van der Waals surface area contributed by atoms with Crippen LogP contribution in [0.15, 0.2) is 43.2 Å². The Hall–Kier alpha value is -2.64. The van der Waals surface area contributed by atoms with E-state index in [2.05, 4.69) is 22.1 Å². The highest BCUT2D eigenvalue weighted by atomic mass is 35.5. The van der Waals surface area contributed by atoms with Gasteiger partial charge >= 0.3 is 0 Å². The van der Waals surface area contributed by atoms with Gasteiger partial charge in [-0.3, -0.25) is 14.7 Å². The summed E-state index contributed by atoms with van der Waals surface area (Å²) >= 11 is 6.19. The number of aromatic amines is 1. The molecule has 7 nitrogen and oxygen atoms in total. The first kappa shape index (κ1) is 17.2. The highest BCUT2D eigenvalue weighted by Gasteiger charge is 2.28. The van der Waals surface area contributed by atoms with Crippen LogP contribution in [0.1, 0.15) is 22.0 Å². The summed E-state index contributed by atoms with van der Waals surface area (Å²) in [6.45, 7) is 4.79. The standard InChI is InChI=1S/C17H17ClN4O3/c1-2-16(23)22-3-4-25-10-15(22)11-5-12(7-13(18)6-11)17(24)21-14-8-19-20-9-14/h2,5-9,15H,1,3-4,10H2,(H,19,20)(H,21,24). The van der Waals surface area contributed by atoms with Crippen LogP contribution in [0, 0.1) is 0 Å². The van der Waals surface area contributed by atoms with E-state index in [4.69, 9.17) is 16.3 Å². The van der Waals surface area contributed by atoms with Crippen molar-refractivity contribution < 1.29 is 14.3 Å². The topological polar surface area (TPSA) is 87.3 Å². The van der Waals surface area contributed by atoms with Crippen molar-refractivity contribution in [2.24, 2.45) is 0 Å². The molecule has 0 saturated carbocycles. The summed E-state index contributed by atoms with van der Waals surface area (Å²) in [5.41, 5.74) is 1.68. The number of nitrogens with zero attached hydrogens (tertiary/aromatic N) is 2. The predicted octanol–water partition coefficient (Wildman–Crippen LogP) is 2.40. The van der Waals surface area contributed by atoms with E-state index in [0.717, 1.165) is 5.56 Å². The highest BCUT2D eigenvalue weighted by Crippen LogP contribution is 2.28. The smallest absolute Gasteiger partial charge is 0.255 e. The lowest BCUT2D eigenvalue weighted by molar-refractivity contribution is -0.134. The van der Waals surface area contributed by atoms with Gasteiger partial charge < -0.3 is 15.0 Å². The highest BCUT2D eigenvalue weighted by molar-refractivity contribution is 6.31. The molecule has 1 aromatic heterocycles. The molecule has 2 amide bonds. The molecule has 0 spiro atoms. The second-order valence-corrected chi connectivity index (χ2v) is 5.98. The molecule has 0 aliphatic carbocycles. The number of morpholine rings is 1. The molecular formula is C17H17ClN4O3. The average Bonchev–Trinajstić information content (AvgIpc) is 3.13. The molecule has 1 aliphatic rings. The summed E-state index contributed by atoms with van der Waals surface area (Å²) < 4.78 is 5.50. The van der Waals surface area contributed by atoms with E-state index in [1.807, 2.05) is 0 Å². The number of nitrogens with one attached hydrogen (secondary N) is 2. The minimum atomic E-state index is -0.321. The molecule has 3 rings (SSSR count). The Labute approximate surface area is 149 Å². The fourth-order valence-corrected chi connectivity index (χ4v) is 2.96. The zero-order chi connectivity index (χ0) is 17.8. The Morgan fingerprint density at radius 1 is 1.44 bits per heavy atom. The SMILES string of the molecule is C=CC(=O)N1CCOCC1c1cc(Cl)cc(C(=O)Nc2cn[nH]c2)c1. The Balaban J connectivity index is 1.88. The van der Waals surface area contributed by atoms with E-state index in [-0.39, 0.29) is 17.9 Å². The summed E-state index contributed by atoms with van der Waals surface area (Å²) in [4.78, 5) is 26.2. The van der Waals surface area contributed by atoms with Crippen LogP contribution in [0.2, 0.25) is 5.02 Å². The lowest BCUT2D eigenvalue weighted by Crippen LogP contribution is -2.42. The van der Waals surface area contributed by atoms with E-state index < -0.39 is 0 Å². The lowest BCUT2D eigenvalue weighted by Gasteiger charge is -2.35. The van der Waals surface area contributed by atoms with Gasteiger partial charge in [0.15, 0.2) is 0 Å². The van der Waals surface area contributed by atoms with Crippen LogP contribution in [0.5, 0.6) is 0 Å². The maximum absolute atomic E-state index is 12.4. The van der Waals surface area contributed by atoms with Crippen molar-refractivity contribution in [3.8, 4) is 0 Å².